The lowest BCUT2D eigenvalue weighted by Gasteiger charge is -2.26. The summed E-state index contributed by atoms with van der Waals surface area (Å²) in [6, 6.07) is 10.7. The average Bonchev–Trinajstić information content (AvgIpc) is 3.24. The number of fused-ring (bicyclic) bond motifs is 1. The first-order chi connectivity index (χ1) is 12.6. The van der Waals surface area contributed by atoms with Gasteiger partial charge in [-0.25, -0.2) is 0 Å². The molecule has 0 aliphatic carbocycles. The van der Waals surface area contributed by atoms with Gasteiger partial charge in [-0.2, -0.15) is 0 Å². The number of nitrogens with one attached hydrogen (secondary N) is 1. The third kappa shape index (κ3) is 3.92. The Bertz CT molecular complexity index is 763. The van der Waals surface area contributed by atoms with Crippen LogP contribution < -0.4 is 5.32 Å². The second-order valence-electron chi connectivity index (χ2n) is 7.13. The predicted molar refractivity (Wildman–Crippen MR) is 104 cm³/mol. The van der Waals surface area contributed by atoms with Crippen molar-refractivity contribution in [3.8, 4) is 0 Å². The molecule has 1 aromatic heterocycles. The first kappa shape index (κ1) is 18.5. The summed E-state index contributed by atoms with van der Waals surface area (Å²) >= 11 is 0. The van der Waals surface area contributed by atoms with Crippen molar-refractivity contribution in [2.24, 2.45) is 5.92 Å². The van der Waals surface area contributed by atoms with Crippen LogP contribution in [0.3, 0.4) is 0 Å². The lowest BCUT2D eigenvalue weighted by molar-refractivity contribution is -0.130. The molecular weight excluding hydrogens is 326 g/mol. The van der Waals surface area contributed by atoms with Crippen LogP contribution in [-0.2, 0) is 16.1 Å². The first-order valence-corrected chi connectivity index (χ1v) is 9.75. The van der Waals surface area contributed by atoms with E-state index in [4.69, 9.17) is 0 Å². The SMILES string of the molecule is CCC(CC)N1CC(C(=O)NCCCn2ccc3ccccc32)CC1=O. The second-order valence-corrected chi connectivity index (χ2v) is 7.13. The molecule has 1 aromatic carbocycles. The number of likely N-dealkylation sites (tertiary alicyclic amines) is 1. The van der Waals surface area contributed by atoms with Gasteiger partial charge < -0.3 is 14.8 Å². The Kier molecular flexibility index (Phi) is 5.96. The normalized spacial score (nSPS) is 17.4. The maximum Gasteiger partial charge on any atom is 0.225 e. The van der Waals surface area contributed by atoms with Crippen molar-refractivity contribution in [2.45, 2.75) is 52.1 Å². The number of hydrogen-bond donors (Lipinski definition) is 1. The maximum absolute atomic E-state index is 12.4. The Labute approximate surface area is 155 Å². The molecule has 1 N–H and O–H groups in total. The smallest absolute Gasteiger partial charge is 0.225 e. The molecule has 140 valence electrons. The van der Waals surface area contributed by atoms with E-state index in [0.29, 0.717) is 19.5 Å². The number of nitrogens with zero attached hydrogens (tertiary/aromatic N) is 2. The number of amides is 2. The first-order valence-electron chi connectivity index (χ1n) is 9.75. The van der Waals surface area contributed by atoms with Gasteiger partial charge in [0.15, 0.2) is 0 Å². The number of benzene rings is 1. The van der Waals surface area contributed by atoms with Gasteiger partial charge in [0.2, 0.25) is 11.8 Å². The van der Waals surface area contributed by atoms with Crippen LogP contribution in [0.25, 0.3) is 10.9 Å². The largest absolute Gasteiger partial charge is 0.356 e. The Morgan fingerprint density at radius 3 is 2.77 bits per heavy atom. The molecule has 2 aromatic rings. The van der Waals surface area contributed by atoms with Crippen molar-refractivity contribution in [1.82, 2.24) is 14.8 Å². The summed E-state index contributed by atoms with van der Waals surface area (Å²) in [5.41, 5.74) is 1.22. The van der Waals surface area contributed by atoms with Crippen LogP contribution in [0.2, 0.25) is 0 Å². The minimum absolute atomic E-state index is 0.0178. The third-order valence-corrected chi connectivity index (χ3v) is 5.47. The number of aromatic nitrogens is 1. The number of rotatable bonds is 8. The Hall–Kier alpha value is -2.30. The van der Waals surface area contributed by atoms with E-state index in [1.807, 2.05) is 17.0 Å². The summed E-state index contributed by atoms with van der Waals surface area (Å²) in [5.74, 6) is -0.0580. The average molecular weight is 355 g/mol. The molecule has 3 rings (SSSR count). The summed E-state index contributed by atoms with van der Waals surface area (Å²) in [4.78, 5) is 26.5. The number of para-hydroxylation sites is 1. The van der Waals surface area contributed by atoms with Gasteiger partial charge >= 0.3 is 0 Å². The fourth-order valence-electron chi connectivity index (χ4n) is 3.93. The topological polar surface area (TPSA) is 54.3 Å². The summed E-state index contributed by atoms with van der Waals surface area (Å²) < 4.78 is 2.22. The zero-order valence-corrected chi connectivity index (χ0v) is 15.8. The molecule has 1 atom stereocenters. The van der Waals surface area contributed by atoms with Gasteiger partial charge in [-0.1, -0.05) is 32.0 Å². The molecule has 1 unspecified atom stereocenters. The van der Waals surface area contributed by atoms with E-state index in [1.165, 1.54) is 10.9 Å². The van der Waals surface area contributed by atoms with E-state index in [2.05, 4.69) is 48.1 Å². The van der Waals surface area contributed by atoms with Gasteiger partial charge in [-0.15, -0.1) is 0 Å². The molecule has 1 saturated heterocycles. The van der Waals surface area contributed by atoms with Crippen LogP contribution in [0.1, 0.15) is 39.5 Å². The van der Waals surface area contributed by atoms with Crippen molar-refractivity contribution < 1.29 is 9.59 Å². The molecule has 0 bridgehead atoms. The van der Waals surface area contributed by atoms with E-state index in [1.54, 1.807) is 0 Å². The summed E-state index contributed by atoms with van der Waals surface area (Å²) in [6.45, 7) is 6.27. The van der Waals surface area contributed by atoms with E-state index >= 15 is 0 Å². The van der Waals surface area contributed by atoms with E-state index in [0.717, 1.165) is 25.8 Å². The zero-order valence-electron chi connectivity index (χ0n) is 15.8. The van der Waals surface area contributed by atoms with Crippen molar-refractivity contribution >= 4 is 22.7 Å². The zero-order chi connectivity index (χ0) is 18.5. The van der Waals surface area contributed by atoms with Crippen molar-refractivity contribution in [2.75, 3.05) is 13.1 Å². The van der Waals surface area contributed by atoms with Crippen molar-refractivity contribution in [3.05, 3.63) is 36.5 Å². The van der Waals surface area contributed by atoms with Crippen LogP contribution in [0, 0.1) is 5.92 Å². The standard InChI is InChI=1S/C21H29N3O2/c1-3-18(4-2)24-15-17(14-20(24)25)21(26)22-11-7-12-23-13-10-16-8-5-6-9-19(16)23/h5-6,8-10,13,17-18H,3-4,7,11-12,14-15H2,1-2H3,(H,22,26). The minimum atomic E-state index is -0.199. The number of carbonyl (C=O) groups is 2. The van der Waals surface area contributed by atoms with Gasteiger partial charge in [0.25, 0.3) is 0 Å². The highest BCUT2D eigenvalue weighted by Gasteiger charge is 2.36. The molecule has 5 nitrogen and oxygen atoms in total. The van der Waals surface area contributed by atoms with E-state index < -0.39 is 0 Å². The van der Waals surface area contributed by atoms with Gasteiger partial charge in [0.1, 0.15) is 0 Å². The highest BCUT2D eigenvalue weighted by Crippen LogP contribution is 2.23. The molecule has 1 aliphatic heterocycles. The summed E-state index contributed by atoms with van der Waals surface area (Å²) in [6.07, 6.45) is 5.21. The minimum Gasteiger partial charge on any atom is -0.356 e. The Morgan fingerprint density at radius 1 is 1.23 bits per heavy atom. The monoisotopic (exact) mass is 355 g/mol. The highest BCUT2D eigenvalue weighted by atomic mass is 16.2. The highest BCUT2D eigenvalue weighted by molar-refractivity contribution is 5.89. The molecule has 2 heterocycles. The molecule has 0 spiro atoms. The fraction of sp³-hybridized carbons (Fsp3) is 0.524. The van der Waals surface area contributed by atoms with Gasteiger partial charge in [-0.05, 0) is 36.8 Å². The molecule has 1 fully saturated rings. The van der Waals surface area contributed by atoms with Crippen LogP contribution in [-0.4, -0.2) is 40.4 Å². The third-order valence-electron chi connectivity index (χ3n) is 5.47. The lowest BCUT2D eigenvalue weighted by Crippen LogP contribution is -2.38. The van der Waals surface area contributed by atoms with Crippen LogP contribution in [0.4, 0.5) is 0 Å². The number of hydrogen-bond acceptors (Lipinski definition) is 2. The molecule has 0 saturated carbocycles. The van der Waals surface area contributed by atoms with Crippen LogP contribution >= 0.6 is 0 Å². The van der Waals surface area contributed by atoms with E-state index in [9.17, 15) is 9.59 Å². The maximum atomic E-state index is 12.4. The lowest BCUT2D eigenvalue weighted by atomic mass is 10.1. The van der Waals surface area contributed by atoms with Gasteiger partial charge in [-0.3, -0.25) is 9.59 Å². The Balaban J connectivity index is 1.45. The van der Waals surface area contributed by atoms with Gasteiger partial charge in [0, 0.05) is 43.8 Å². The van der Waals surface area contributed by atoms with E-state index in [-0.39, 0.29) is 23.8 Å². The van der Waals surface area contributed by atoms with Crippen molar-refractivity contribution in [1.29, 1.82) is 0 Å². The number of carbonyl (C=O) groups excluding carboxylic acids is 2. The van der Waals surface area contributed by atoms with Crippen molar-refractivity contribution in [3.63, 3.8) is 0 Å². The quantitative estimate of drug-likeness (QED) is 0.740. The fourth-order valence-corrected chi connectivity index (χ4v) is 3.93. The summed E-state index contributed by atoms with van der Waals surface area (Å²) in [7, 11) is 0. The molecule has 5 heteroatoms. The molecule has 2 amide bonds. The molecule has 1 aliphatic rings. The Morgan fingerprint density at radius 2 is 2.00 bits per heavy atom. The van der Waals surface area contributed by atoms with Gasteiger partial charge in [0.05, 0.1) is 5.92 Å². The second kappa shape index (κ2) is 8.39. The predicted octanol–water partition coefficient (Wildman–Crippen LogP) is 3.18. The molecule has 0 radical (unpaired) electrons. The van der Waals surface area contributed by atoms with Crippen LogP contribution in [0.5, 0.6) is 0 Å². The number of aryl methyl sites for hydroxylation is 1. The molecular formula is C21H29N3O2. The van der Waals surface area contributed by atoms with Crippen LogP contribution in [0.15, 0.2) is 36.5 Å². The molecule has 26 heavy (non-hydrogen) atoms. The summed E-state index contributed by atoms with van der Waals surface area (Å²) in [5, 5.41) is 4.26.